The minimum Gasteiger partial charge on any atom is -0.508 e. The van der Waals surface area contributed by atoms with Crippen LogP contribution in [0.4, 0.5) is 0 Å². The van der Waals surface area contributed by atoms with Crippen molar-refractivity contribution in [2.24, 2.45) is 11.3 Å². The summed E-state index contributed by atoms with van der Waals surface area (Å²) in [7, 11) is 0. The van der Waals surface area contributed by atoms with Crippen LogP contribution in [0.5, 0.6) is 5.75 Å². The van der Waals surface area contributed by atoms with Crippen LogP contribution in [0.3, 0.4) is 0 Å². The maximum atomic E-state index is 12.2. The molecule has 1 aromatic rings. The van der Waals surface area contributed by atoms with Crippen molar-refractivity contribution in [2.45, 2.75) is 33.6 Å². The molecule has 1 atom stereocenters. The number of phenols is 1. The standard InChI is InChI=1S/C18H20O2/c1-11-8-12-4-5-15-14(9-13(12)10-17(11)20)16(19)6-7-18(15,2)3/h6-10,15,20H,4-5H2,1-3H3/t15-/m1/s1. The third-order valence-electron chi connectivity index (χ3n) is 4.69. The van der Waals surface area contributed by atoms with Crippen LogP contribution in [-0.2, 0) is 11.2 Å². The summed E-state index contributed by atoms with van der Waals surface area (Å²) < 4.78 is 0. The van der Waals surface area contributed by atoms with Gasteiger partial charge in [-0.25, -0.2) is 0 Å². The Balaban J connectivity index is 2.16. The molecule has 2 aliphatic rings. The topological polar surface area (TPSA) is 37.3 Å². The smallest absolute Gasteiger partial charge is 0.181 e. The molecule has 104 valence electrons. The van der Waals surface area contributed by atoms with Gasteiger partial charge in [-0.3, -0.25) is 4.79 Å². The molecule has 0 fully saturated rings. The number of phenolic OH excluding ortho intramolecular Hbond substituents is 1. The Morgan fingerprint density at radius 2 is 2.05 bits per heavy atom. The fourth-order valence-corrected chi connectivity index (χ4v) is 3.37. The Bertz CT molecular complexity index is 648. The molecule has 2 heteroatoms. The average Bonchev–Trinajstić information content (AvgIpc) is 2.56. The zero-order valence-corrected chi connectivity index (χ0v) is 12.2. The van der Waals surface area contributed by atoms with Crippen LogP contribution in [0, 0.1) is 18.3 Å². The van der Waals surface area contributed by atoms with E-state index in [1.165, 1.54) is 5.56 Å². The Morgan fingerprint density at radius 3 is 2.80 bits per heavy atom. The largest absolute Gasteiger partial charge is 0.508 e. The molecule has 20 heavy (non-hydrogen) atoms. The van der Waals surface area contributed by atoms with Crippen molar-refractivity contribution in [1.82, 2.24) is 0 Å². The van der Waals surface area contributed by atoms with Gasteiger partial charge < -0.3 is 5.11 Å². The van der Waals surface area contributed by atoms with Crippen molar-refractivity contribution in [3.05, 3.63) is 46.5 Å². The molecule has 0 aliphatic heterocycles. The highest BCUT2D eigenvalue weighted by molar-refractivity contribution is 6.08. The quantitative estimate of drug-likeness (QED) is 0.777. The summed E-state index contributed by atoms with van der Waals surface area (Å²) in [6.07, 6.45) is 7.65. The third kappa shape index (κ3) is 2.00. The van der Waals surface area contributed by atoms with Crippen molar-refractivity contribution in [2.75, 3.05) is 0 Å². The zero-order valence-electron chi connectivity index (χ0n) is 12.2. The van der Waals surface area contributed by atoms with Crippen LogP contribution in [0.2, 0.25) is 0 Å². The zero-order chi connectivity index (χ0) is 14.5. The number of ketones is 1. The average molecular weight is 268 g/mol. The van der Waals surface area contributed by atoms with Gasteiger partial charge in [0, 0.05) is 5.57 Å². The predicted molar refractivity (Wildman–Crippen MR) is 80.6 cm³/mol. The number of benzene rings is 1. The number of carbonyl (C=O) groups excluding carboxylic acids is 1. The highest BCUT2D eigenvalue weighted by Crippen LogP contribution is 2.44. The maximum Gasteiger partial charge on any atom is 0.181 e. The number of hydrogen-bond acceptors (Lipinski definition) is 2. The molecule has 0 radical (unpaired) electrons. The minimum atomic E-state index is 0.0128. The Hall–Kier alpha value is -1.83. The first kappa shape index (κ1) is 13.2. The number of aryl methyl sites for hydroxylation is 2. The lowest BCUT2D eigenvalue weighted by atomic mass is 9.68. The van der Waals surface area contributed by atoms with E-state index in [4.69, 9.17) is 0 Å². The van der Waals surface area contributed by atoms with E-state index in [1.807, 2.05) is 25.1 Å². The minimum absolute atomic E-state index is 0.0128. The second-order valence-electron chi connectivity index (χ2n) is 6.55. The van der Waals surface area contributed by atoms with Gasteiger partial charge >= 0.3 is 0 Å². The molecule has 2 nitrogen and oxygen atoms in total. The highest BCUT2D eigenvalue weighted by Gasteiger charge is 2.37. The van der Waals surface area contributed by atoms with Crippen LogP contribution in [0.15, 0.2) is 29.9 Å². The second kappa shape index (κ2) is 4.34. The third-order valence-corrected chi connectivity index (χ3v) is 4.69. The van der Waals surface area contributed by atoms with Crippen LogP contribution < -0.4 is 0 Å². The molecule has 1 aromatic carbocycles. The van der Waals surface area contributed by atoms with E-state index in [0.29, 0.717) is 5.75 Å². The lowest BCUT2D eigenvalue weighted by Crippen LogP contribution is -2.30. The molecule has 0 bridgehead atoms. The molecule has 0 spiro atoms. The van der Waals surface area contributed by atoms with E-state index in [1.54, 1.807) is 12.1 Å². The number of aromatic hydroxyl groups is 1. The number of carbonyl (C=O) groups is 1. The Labute approximate surface area is 119 Å². The van der Waals surface area contributed by atoms with E-state index in [0.717, 1.165) is 29.5 Å². The van der Waals surface area contributed by atoms with E-state index in [2.05, 4.69) is 13.8 Å². The fraction of sp³-hybridized carbons (Fsp3) is 0.389. The number of hydrogen-bond donors (Lipinski definition) is 1. The first-order valence-corrected chi connectivity index (χ1v) is 7.16. The Morgan fingerprint density at radius 1 is 1.30 bits per heavy atom. The van der Waals surface area contributed by atoms with E-state index in [9.17, 15) is 9.90 Å². The van der Waals surface area contributed by atoms with Crippen molar-refractivity contribution < 1.29 is 9.90 Å². The van der Waals surface area contributed by atoms with Gasteiger partial charge in [0.2, 0.25) is 0 Å². The molecular weight excluding hydrogens is 248 g/mol. The summed E-state index contributed by atoms with van der Waals surface area (Å²) in [6, 6.07) is 3.84. The summed E-state index contributed by atoms with van der Waals surface area (Å²) in [5.41, 5.74) is 4.02. The first-order valence-electron chi connectivity index (χ1n) is 7.16. The summed E-state index contributed by atoms with van der Waals surface area (Å²) in [5, 5.41) is 9.90. The van der Waals surface area contributed by atoms with Gasteiger partial charge in [-0.2, -0.15) is 0 Å². The van der Waals surface area contributed by atoms with Crippen LogP contribution in [-0.4, -0.2) is 10.9 Å². The van der Waals surface area contributed by atoms with Gasteiger partial charge in [-0.05, 0) is 66.0 Å². The highest BCUT2D eigenvalue weighted by atomic mass is 16.3. The summed E-state index contributed by atoms with van der Waals surface area (Å²) in [4.78, 5) is 12.2. The van der Waals surface area contributed by atoms with Gasteiger partial charge in [0.25, 0.3) is 0 Å². The Kier molecular flexibility index (Phi) is 2.86. The normalized spacial score (nSPS) is 23.6. The van der Waals surface area contributed by atoms with Crippen molar-refractivity contribution in [1.29, 1.82) is 0 Å². The predicted octanol–water partition coefficient (Wildman–Crippen LogP) is 3.81. The van der Waals surface area contributed by atoms with Crippen molar-refractivity contribution >= 4 is 11.9 Å². The molecule has 0 aromatic heterocycles. The lowest BCUT2D eigenvalue weighted by molar-refractivity contribution is -0.112. The van der Waals surface area contributed by atoms with Gasteiger partial charge in [0.15, 0.2) is 5.78 Å². The van der Waals surface area contributed by atoms with E-state index < -0.39 is 0 Å². The van der Waals surface area contributed by atoms with Gasteiger partial charge in [0.05, 0.1) is 0 Å². The van der Waals surface area contributed by atoms with E-state index in [-0.39, 0.29) is 17.1 Å². The van der Waals surface area contributed by atoms with Crippen LogP contribution >= 0.6 is 0 Å². The molecule has 2 aliphatic carbocycles. The monoisotopic (exact) mass is 268 g/mol. The summed E-state index contributed by atoms with van der Waals surface area (Å²) >= 11 is 0. The van der Waals surface area contributed by atoms with E-state index >= 15 is 0 Å². The molecule has 0 unspecified atom stereocenters. The lowest BCUT2D eigenvalue weighted by Gasteiger charge is -2.35. The number of fused-ring (bicyclic) bond motifs is 2. The molecule has 1 N–H and O–H groups in total. The van der Waals surface area contributed by atoms with Gasteiger partial charge in [-0.1, -0.05) is 26.0 Å². The summed E-state index contributed by atoms with van der Waals surface area (Å²) in [6.45, 7) is 6.29. The molecule has 0 saturated carbocycles. The van der Waals surface area contributed by atoms with Gasteiger partial charge in [-0.15, -0.1) is 0 Å². The second-order valence-corrected chi connectivity index (χ2v) is 6.55. The fourth-order valence-electron chi connectivity index (χ4n) is 3.37. The molecule has 0 amide bonds. The molecule has 3 rings (SSSR count). The molecular formula is C18H20O2. The van der Waals surface area contributed by atoms with Crippen LogP contribution in [0.1, 0.15) is 37.0 Å². The van der Waals surface area contributed by atoms with Gasteiger partial charge in [0.1, 0.15) is 5.75 Å². The van der Waals surface area contributed by atoms with Crippen molar-refractivity contribution in [3.8, 4) is 5.75 Å². The van der Waals surface area contributed by atoms with Crippen molar-refractivity contribution in [3.63, 3.8) is 0 Å². The first-order chi connectivity index (χ1) is 9.38. The van der Waals surface area contributed by atoms with Crippen LogP contribution in [0.25, 0.3) is 6.08 Å². The maximum absolute atomic E-state index is 12.2. The number of allylic oxidation sites excluding steroid dienone is 3. The number of rotatable bonds is 0. The molecule has 0 saturated heterocycles. The SMILES string of the molecule is Cc1cc2c(cc1O)C=C1C(=O)C=CC(C)(C)[C@@H]1CC2. The molecule has 0 heterocycles. The summed E-state index contributed by atoms with van der Waals surface area (Å²) in [5.74, 6) is 0.675.